The number of hydrogen-bond acceptors (Lipinski definition) is 5. The van der Waals surface area contributed by atoms with E-state index in [1.165, 1.54) is 6.08 Å². The Morgan fingerprint density at radius 1 is 1.19 bits per heavy atom. The summed E-state index contributed by atoms with van der Waals surface area (Å²) in [6.07, 6.45) is 6.49. The van der Waals surface area contributed by atoms with Crippen LogP contribution in [0.2, 0.25) is 0 Å². The first-order valence-corrected chi connectivity index (χ1v) is 10.7. The Morgan fingerprint density at radius 2 is 1.94 bits per heavy atom. The molecule has 4 atom stereocenters. The Hall–Kier alpha value is -2.25. The van der Waals surface area contributed by atoms with Gasteiger partial charge in [0, 0.05) is 18.8 Å². The zero-order chi connectivity index (χ0) is 22.7. The normalized spacial score (nSPS) is 24.2. The molecule has 0 aliphatic heterocycles. The van der Waals surface area contributed by atoms with E-state index >= 15 is 0 Å². The largest absolute Gasteiger partial charge is 0.487 e. The number of ether oxygens (including phenoxy) is 2. The Balaban J connectivity index is 1.84. The van der Waals surface area contributed by atoms with Crippen LogP contribution in [0.25, 0.3) is 0 Å². The Labute approximate surface area is 182 Å². The van der Waals surface area contributed by atoms with E-state index in [-0.39, 0.29) is 18.3 Å². The number of halogens is 2. The van der Waals surface area contributed by atoms with Crippen molar-refractivity contribution in [2.75, 3.05) is 13.2 Å². The lowest BCUT2D eigenvalue weighted by Crippen LogP contribution is -2.25. The van der Waals surface area contributed by atoms with Crippen molar-refractivity contribution in [1.82, 2.24) is 0 Å². The molecule has 1 aliphatic carbocycles. The van der Waals surface area contributed by atoms with Gasteiger partial charge in [0.15, 0.2) is 6.61 Å². The van der Waals surface area contributed by atoms with Gasteiger partial charge in [-0.05, 0) is 50.3 Å². The van der Waals surface area contributed by atoms with Crippen LogP contribution in [-0.2, 0) is 9.53 Å². The number of alkyl halides is 2. The third-order valence-electron chi connectivity index (χ3n) is 5.28. The molecule has 0 spiro atoms. The van der Waals surface area contributed by atoms with E-state index in [1.54, 1.807) is 37.3 Å². The lowest BCUT2D eigenvalue weighted by molar-refractivity contribution is -0.143. The minimum absolute atomic E-state index is 0.155. The fourth-order valence-corrected chi connectivity index (χ4v) is 3.67. The molecular formula is C24H32F2O5. The zero-order valence-electron chi connectivity index (χ0n) is 17.8. The van der Waals surface area contributed by atoms with Crippen LogP contribution in [-0.4, -0.2) is 47.5 Å². The number of unbranched alkanes of at least 4 members (excludes halogenated alkanes) is 1. The third-order valence-corrected chi connectivity index (χ3v) is 5.28. The maximum absolute atomic E-state index is 14.2. The van der Waals surface area contributed by atoms with Gasteiger partial charge >= 0.3 is 5.97 Å². The maximum Gasteiger partial charge on any atom is 0.305 e. The van der Waals surface area contributed by atoms with Crippen LogP contribution in [0.4, 0.5) is 8.78 Å². The summed E-state index contributed by atoms with van der Waals surface area (Å²) in [4.78, 5) is 11.3. The van der Waals surface area contributed by atoms with Gasteiger partial charge < -0.3 is 19.7 Å². The molecule has 2 rings (SSSR count). The molecule has 0 aromatic heterocycles. The Kier molecular flexibility index (Phi) is 10.1. The van der Waals surface area contributed by atoms with Crippen LogP contribution in [0.15, 0.2) is 54.6 Å². The average Bonchev–Trinajstić information content (AvgIpc) is 3.01. The minimum Gasteiger partial charge on any atom is -0.487 e. The standard InChI is InChI=1S/C24H32F2O5/c1-2-30-23(29)13-9-4-3-8-12-19-20(22(28)16-21(19)27)14-15-24(25,26)17-31-18-10-6-5-7-11-18/h3,5-8,10-11,14-15,19-22,27-28H,2,4,9,12-13,16-17H2,1H3. The summed E-state index contributed by atoms with van der Waals surface area (Å²) in [7, 11) is 0. The number of para-hydroxylation sites is 1. The number of aliphatic hydroxyl groups is 2. The SMILES string of the molecule is CCOC(=O)CCCC=CCC1C(O)CC(O)C1C=CC(F)(F)COc1ccccc1. The van der Waals surface area contributed by atoms with Gasteiger partial charge in [-0.25, -0.2) is 0 Å². The van der Waals surface area contributed by atoms with Gasteiger partial charge in [-0.1, -0.05) is 36.4 Å². The Bertz CT molecular complexity index is 720. The summed E-state index contributed by atoms with van der Waals surface area (Å²) >= 11 is 0. The fraction of sp³-hybridized carbons (Fsp3) is 0.542. The van der Waals surface area contributed by atoms with Crippen LogP contribution in [0.3, 0.4) is 0 Å². The number of aliphatic hydroxyl groups excluding tert-OH is 2. The quantitative estimate of drug-likeness (QED) is 0.289. The number of rotatable bonds is 12. The summed E-state index contributed by atoms with van der Waals surface area (Å²) in [5.74, 6) is -3.98. The second-order valence-electron chi connectivity index (χ2n) is 7.74. The molecule has 172 valence electrons. The number of carbonyl (C=O) groups is 1. The first kappa shape index (κ1) is 25.0. The van der Waals surface area contributed by atoms with Gasteiger partial charge in [-0.15, -0.1) is 0 Å². The lowest BCUT2D eigenvalue weighted by atomic mass is 9.89. The smallest absolute Gasteiger partial charge is 0.305 e. The molecule has 4 unspecified atom stereocenters. The van der Waals surface area contributed by atoms with Crippen molar-refractivity contribution in [1.29, 1.82) is 0 Å². The highest BCUT2D eigenvalue weighted by molar-refractivity contribution is 5.69. The first-order chi connectivity index (χ1) is 14.8. The number of allylic oxidation sites excluding steroid dienone is 2. The van der Waals surface area contributed by atoms with E-state index in [0.29, 0.717) is 38.0 Å². The summed E-state index contributed by atoms with van der Waals surface area (Å²) in [5, 5.41) is 20.5. The molecule has 0 saturated heterocycles. The van der Waals surface area contributed by atoms with Gasteiger partial charge in [0.2, 0.25) is 0 Å². The molecule has 1 fully saturated rings. The van der Waals surface area contributed by atoms with Crippen LogP contribution in [0, 0.1) is 11.8 Å². The molecule has 0 radical (unpaired) electrons. The van der Waals surface area contributed by atoms with Gasteiger partial charge in [0.1, 0.15) is 5.75 Å². The van der Waals surface area contributed by atoms with Crippen molar-refractivity contribution >= 4 is 5.97 Å². The topological polar surface area (TPSA) is 76.0 Å². The van der Waals surface area contributed by atoms with E-state index in [2.05, 4.69) is 0 Å². The zero-order valence-corrected chi connectivity index (χ0v) is 17.8. The predicted octanol–water partition coefficient (Wildman–Crippen LogP) is 4.29. The second-order valence-corrected chi connectivity index (χ2v) is 7.74. The molecular weight excluding hydrogens is 406 g/mol. The molecule has 1 aliphatic rings. The summed E-state index contributed by atoms with van der Waals surface area (Å²) < 4.78 is 38.4. The van der Waals surface area contributed by atoms with E-state index < -0.39 is 30.7 Å². The number of benzene rings is 1. The molecule has 0 heterocycles. The van der Waals surface area contributed by atoms with E-state index in [0.717, 1.165) is 6.08 Å². The summed E-state index contributed by atoms with van der Waals surface area (Å²) in [6, 6.07) is 8.38. The molecule has 2 N–H and O–H groups in total. The van der Waals surface area contributed by atoms with Crippen LogP contribution < -0.4 is 4.74 Å². The highest BCUT2D eigenvalue weighted by Crippen LogP contribution is 2.37. The number of hydrogen-bond donors (Lipinski definition) is 2. The fourth-order valence-electron chi connectivity index (χ4n) is 3.67. The second kappa shape index (κ2) is 12.6. The average molecular weight is 439 g/mol. The van der Waals surface area contributed by atoms with Crippen LogP contribution >= 0.6 is 0 Å². The van der Waals surface area contributed by atoms with Crippen LogP contribution in [0.1, 0.15) is 39.0 Å². The lowest BCUT2D eigenvalue weighted by Gasteiger charge is -2.20. The van der Waals surface area contributed by atoms with Crippen LogP contribution in [0.5, 0.6) is 5.75 Å². The molecule has 1 aromatic rings. The minimum atomic E-state index is -3.20. The monoisotopic (exact) mass is 438 g/mol. The Morgan fingerprint density at radius 3 is 2.65 bits per heavy atom. The molecule has 7 heteroatoms. The highest BCUT2D eigenvalue weighted by Gasteiger charge is 2.40. The molecule has 0 bridgehead atoms. The first-order valence-electron chi connectivity index (χ1n) is 10.7. The van der Waals surface area contributed by atoms with Crippen molar-refractivity contribution in [3.05, 3.63) is 54.6 Å². The molecule has 1 aromatic carbocycles. The predicted molar refractivity (Wildman–Crippen MR) is 114 cm³/mol. The van der Waals surface area contributed by atoms with E-state index in [1.807, 2.05) is 12.2 Å². The van der Waals surface area contributed by atoms with Gasteiger partial charge in [-0.2, -0.15) is 8.78 Å². The molecule has 0 amide bonds. The van der Waals surface area contributed by atoms with Crippen molar-refractivity contribution in [2.45, 2.75) is 57.2 Å². The molecule has 5 nitrogen and oxygen atoms in total. The maximum atomic E-state index is 14.2. The summed E-state index contributed by atoms with van der Waals surface area (Å²) in [5.41, 5.74) is 0. The number of esters is 1. The molecule has 31 heavy (non-hydrogen) atoms. The van der Waals surface area contributed by atoms with Gasteiger partial charge in [0.25, 0.3) is 5.92 Å². The third kappa shape index (κ3) is 8.79. The van der Waals surface area contributed by atoms with Crippen molar-refractivity contribution in [2.24, 2.45) is 11.8 Å². The van der Waals surface area contributed by atoms with Gasteiger partial charge in [0.05, 0.1) is 18.8 Å². The highest BCUT2D eigenvalue weighted by atomic mass is 19.3. The van der Waals surface area contributed by atoms with Gasteiger partial charge in [-0.3, -0.25) is 4.79 Å². The van der Waals surface area contributed by atoms with Crippen molar-refractivity contribution in [3.63, 3.8) is 0 Å². The number of carbonyl (C=O) groups excluding carboxylic acids is 1. The summed E-state index contributed by atoms with van der Waals surface area (Å²) in [6.45, 7) is 1.32. The van der Waals surface area contributed by atoms with E-state index in [9.17, 15) is 23.8 Å². The molecule has 1 saturated carbocycles. The van der Waals surface area contributed by atoms with Crippen molar-refractivity contribution in [3.8, 4) is 5.75 Å². The van der Waals surface area contributed by atoms with E-state index in [4.69, 9.17) is 9.47 Å². The van der Waals surface area contributed by atoms with Crippen molar-refractivity contribution < 1.29 is 33.3 Å².